The Balaban J connectivity index is 1.72. The van der Waals surface area contributed by atoms with Crippen LogP contribution >= 0.6 is 23.2 Å². The fraction of sp³-hybridized carbons (Fsp3) is 0.130. The summed E-state index contributed by atoms with van der Waals surface area (Å²) in [6.45, 7) is -0.140. The van der Waals surface area contributed by atoms with Gasteiger partial charge >= 0.3 is 18.2 Å². The average Bonchev–Trinajstić information content (AvgIpc) is 2.79. The maximum Gasteiger partial charge on any atom is 0.416 e. The molecule has 0 heterocycles. The van der Waals surface area contributed by atoms with Crippen LogP contribution in [0.1, 0.15) is 5.56 Å². The van der Waals surface area contributed by atoms with Gasteiger partial charge in [-0.2, -0.15) is 13.2 Å². The quantitative estimate of drug-likeness (QED) is 0.338. The van der Waals surface area contributed by atoms with Crippen LogP contribution < -0.4 is 20.9 Å². The Morgan fingerprint density at radius 1 is 0.824 bits per heavy atom. The van der Waals surface area contributed by atoms with Gasteiger partial charge in [-0.1, -0.05) is 29.3 Å². The lowest BCUT2D eigenvalue weighted by atomic mass is 10.2. The van der Waals surface area contributed by atoms with E-state index in [1.54, 1.807) is 48.5 Å². The SMILES string of the molecule is O=C(NCCN(C(=O)Nc1ccc(Cl)cc1)c1cccc(C(F)(F)F)c1)Nc1ccc(Cl)cc1. The van der Waals surface area contributed by atoms with Gasteiger partial charge in [-0.15, -0.1) is 0 Å². The molecule has 3 N–H and O–H groups in total. The minimum atomic E-state index is -4.58. The van der Waals surface area contributed by atoms with Crippen LogP contribution in [0, 0.1) is 0 Å². The number of nitrogens with zero attached hydrogens (tertiary/aromatic N) is 1. The van der Waals surface area contributed by atoms with E-state index in [4.69, 9.17) is 23.2 Å². The summed E-state index contributed by atoms with van der Waals surface area (Å²) in [7, 11) is 0. The predicted molar refractivity (Wildman–Crippen MR) is 128 cm³/mol. The third-order valence-corrected chi connectivity index (χ3v) is 5.05. The first-order chi connectivity index (χ1) is 16.1. The molecule has 0 spiro atoms. The first-order valence-electron chi connectivity index (χ1n) is 9.93. The van der Waals surface area contributed by atoms with Gasteiger partial charge in [0.2, 0.25) is 0 Å². The molecular formula is C23H19Cl2F3N4O2. The fourth-order valence-electron chi connectivity index (χ4n) is 2.91. The monoisotopic (exact) mass is 510 g/mol. The third kappa shape index (κ3) is 7.29. The van der Waals surface area contributed by atoms with Crippen LogP contribution in [0.2, 0.25) is 10.0 Å². The summed E-state index contributed by atoms with van der Waals surface area (Å²) in [5.74, 6) is 0. The molecule has 0 saturated heterocycles. The zero-order chi connectivity index (χ0) is 24.7. The fourth-order valence-corrected chi connectivity index (χ4v) is 3.16. The van der Waals surface area contributed by atoms with Crippen LogP contribution in [0.5, 0.6) is 0 Å². The number of urea groups is 2. The minimum absolute atomic E-state index is 0.0150. The van der Waals surface area contributed by atoms with Gasteiger partial charge in [0.15, 0.2) is 0 Å². The van der Waals surface area contributed by atoms with Crippen molar-refractivity contribution in [3.05, 3.63) is 88.4 Å². The minimum Gasteiger partial charge on any atom is -0.336 e. The number of benzene rings is 3. The Labute approximate surface area is 203 Å². The lowest BCUT2D eigenvalue weighted by molar-refractivity contribution is -0.137. The van der Waals surface area contributed by atoms with Gasteiger partial charge < -0.3 is 16.0 Å². The molecule has 0 atom stereocenters. The highest BCUT2D eigenvalue weighted by molar-refractivity contribution is 6.31. The predicted octanol–water partition coefficient (Wildman–Crippen LogP) is 6.87. The number of carbonyl (C=O) groups excluding carboxylic acids is 2. The second-order valence-electron chi connectivity index (χ2n) is 7.02. The Kier molecular flexibility index (Phi) is 8.25. The Hall–Kier alpha value is -3.43. The maximum absolute atomic E-state index is 13.2. The van der Waals surface area contributed by atoms with E-state index >= 15 is 0 Å². The number of carbonyl (C=O) groups is 2. The Bertz CT molecular complexity index is 1140. The van der Waals surface area contributed by atoms with Gasteiger partial charge in [0.1, 0.15) is 0 Å². The van der Waals surface area contributed by atoms with E-state index in [1.807, 2.05) is 0 Å². The van der Waals surface area contributed by atoms with Crippen molar-refractivity contribution in [1.82, 2.24) is 5.32 Å². The molecule has 0 aliphatic heterocycles. The molecule has 178 valence electrons. The molecule has 11 heteroatoms. The number of hydrogen-bond acceptors (Lipinski definition) is 2. The van der Waals surface area contributed by atoms with Crippen molar-refractivity contribution in [2.24, 2.45) is 0 Å². The van der Waals surface area contributed by atoms with Gasteiger partial charge in [-0.25, -0.2) is 9.59 Å². The normalized spacial score (nSPS) is 11.0. The summed E-state index contributed by atoms with van der Waals surface area (Å²) < 4.78 is 39.6. The van der Waals surface area contributed by atoms with Gasteiger partial charge in [-0.3, -0.25) is 4.90 Å². The molecule has 34 heavy (non-hydrogen) atoms. The van der Waals surface area contributed by atoms with Crippen LogP contribution in [0.3, 0.4) is 0 Å². The molecular weight excluding hydrogens is 492 g/mol. The van der Waals surface area contributed by atoms with Crippen molar-refractivity contribution in [1.29, 1.82) is 0 Å². The molecule has 0 saturated carbocycles. The highest BCUT2D eigenvalue weighted by atomic mass is 35.5. The van der Waals surface area contributed by atoms with Crippen LogP contribution in [0.25, 0.3) is 0 Å². The highest BCUT2D eigenvalue weighted by Gasteiger charge is 2.31. The molecule has 3 aromatic rings. The standard InChI is InChI=1S/C23H19Cl2F3N4O2/c24-16-4-8-18(9-5-16)30-21(33)29-12-13-32(20-3-1-2-15(14-20)23(26,27)28)22(34)31-19-10-6-17(25)7-11-19/h1-11,14H,12-13H2,(H,31,34)(H2,29,30,33). The van der Waals surface area contributed by atoms with E-state index in [-0.39, 0.29) is 18.8 Å². The van der Waals surface area contributed by atoms with Crippen LogP contribution in [0.4, 0.5) is 39.8 Å². The second kappa shape index (κ2) is 11.1. The number of hydrogen-bond donors (Lipinski definition) is 3. The second-order valence-corrected chi connectivity index (χ2v) is 7.90. The van der Waals surface area contributed by atoms with E-state index in [9.17, 15) is 22.8 Å². The molecule has 0 aliphatic carbocycles. The summed E-state index contributed by atoms with van der Waals surface area (Å²) >= 11 is 11.7. The van der Waals surface area contributed by atoms with Gasteiger partial charge in [0.25, 0.3) is 0 Å². The van der Waals surface area contributed by atoms with Crippen LogP contribution in [0.15, 0.2) is 72.8 Å². The first kappa shape index (κ1) is 25.2. The van der Waals surface area contributed by atoms with Crippen molar-refractivity contribution in [3.8, 4) is 0 Å². The maximum atomic E-state index is 13.2. The summed E-state index contributed by atoms with van der Waals surface area (Å²) in [5.41, 5.74) is 0.0147. The Morgan fingerprint density at radius 2 is 1.38 bits per heavy atom. The van der Waals surface area contributed by atoms with Gasteiger partial charge in [0, 0.05) is 40.2 Å². The van der Waals surface area contributed by atoms with Gasteiger partial charge in [0.05, 0.1) is 5.56 Å². The zero-order valence-corrected chi connectivity index (χ0v) is 19.0. The molecule has 4 amide bonds. The highest BCUT2D eigenvalue weighted by Crippen LogP contribution is 2.31. The number of nitrogens with one attached hydrogen (secondary N) is 3. The third-order valence-electron chi connectivity index (χ3n) is 4.55. The molecule has 0 bridgehead atoms. The number of alkyl halides is 3. The van der Waals surface area contributed by atoms with Crippen molar-refractivity contribution in [2.45, 2.75) is 6.18 Å². The number of amides is 4. The molecule has 0 aliphatic rings. The molecule has 3 aromatic carbocycles. The molecule has 0 fully saturated rings. The zero-order valence-electron chi connectivity index (χ0n) is 17.5. The summed E-state index contributed by atoms with van der Waals surface area (Å²) in [6, 6.07) is 15.8. The summed E-state index contributed by atoms with van der Waals surface area (Å²) in [5, 5.41) is 8.76. The molecule has 0 unspecified atom stereocenters. The summed E-state index contributed by atoms with van der Waals surface area (Å²) in [6.07, 6.45) is -4.58. The molecule has 6 nitrogen and oxygen atoms in total. The molecule has 3 rings (SSSR count). The van der Waals surface area contributed by atoms with E-state index in [1.165, 1.54) is 12.1 Å². The van der Waals surface area contributed by atoms with Crippen molar-refractivity contribution >= 4 is 52.3 Å². The number of halogens is 5. The topological polar surface area (TPSA) is 73.5 Å². The lowest BCUT2D eigenvalue weighted by Crippen LogP contribution is -2.42. The smallest absolute Gasteiger partial charge is 0.336 e. The van der Waals surface area contributed by atoms with E-state index in [0.717, 1.165) is 17.0 Å². The van der Waals surface area contributed by atoms with Crippen molar-refractivity contribution in [3.63, 3.8) is 0 Å². The lowest BCUT2D eigenvalue weighted by Gasteiger charge is -2.24. The van der Waals surface area contributed by atoms with E-state index < -0.39 is 23.8 Å². The number of anilines is 3. The number of rotatable bonds is 6. The van der Waals surface area contributed by atoms with E-state index in [2.05, 4.69) is 16.0 Å². The first-order valence-corrected chi connectivity index (χ1v) is 10.7. The Morgan fingerprint density at radius 3 is 1.94 bits per heavy atom. The van der Waals surface area contributed by atoms with Gasteiger partial charge in [-0.05, 0) is 66.7 Å². The average molecular weight is 511 g/mol. The largest absolute Gasteiger partial charge is 0.416 e. The summed E-state index contributed by atoms with van der Waals surface area (Å²) in [4.78, 5) is 26.2. The molecule has 0 aromatic heterocycles. The van der Waals surface area contributed by atoms with Crippen molar-refractivity contribution < 1.29 is 22.8 Å². The van der Waals surface area contributed by atoms with Crippen molar-refractivity contribution in [2.75, 3.05) is 28.6 Å². The van der Waals surface area contributed by atoms with Crippen LogP contribution in [-0.2, 0) is 6.18 Å². The van der Waals surface area contributed by atoms with Crippen LogP contribution in [-0.4, -0.2) is 25.2 Å². The van der Waals surface area contributed by atoms with E-state index in [0.29, 0.717) is 21.4 Å². The molecule has 0 radical (unpaired) electrons.